The fourth-order valence-electron chi connectivity index (χ4n) is 3.81. The van der Waals surface area contributed by atoms with E-state index in [0.29, 0.717) is 56.5 Å². The zero-order valence-corrected chi connectivity index (χ0v) is 19.5. The minimum Gasteiger partial charge on any atom is -0.490 e. The highest BCUT2D eigenvalue weighted by Crippen LogP contribution is 2.30. The van der Waals surface area contributed by atoms with Crippen molar-refractivity contribution in [1.82, 2.24) is 10.2 Å². The summed E-state index contributed by atoms with van der Waals surface area (Å²) in [6.07, 6.45) is 2.52. The van der Waals surface area contributed by atoms with Gasteiger partial charge in [-0.05, 0) is 56.5 Å². The van der Waals surface area contributed by atoms with Crippen LogP contribution in [0.4, 0.5) is 0 Å². The fraction of sp³-hybridized carbons (Fsp3) is 0.462. The monoisotopic (exact) mass is 454 g/mol. The molecule has 33 heavy (non-hydrogen) atoms. The highest BCUT2D eigenvalue weighted by molar-refractivity contribution is 5.95. The molecule has 1 unspecified atom stereocenters. The third kappa shape index (κ3) is 7.14. The van der Waals surface area contributed by atoms with Crippen LogP contribution in [0.25, 0.3) is 0 Å². The zero-order chi connectivity index (χ0) is 23.5. The second-order valence-electron chi connectivity index (χ2n) is 7.99. The largest absolute Gasteiger partial charge is 0.490 e. The van der Waals surface area contributed by atoms with Crippen LogP contribution in [0.1, 0.15) is 43.5 Å². The number of para-hydroxylation sites is 1. The highest BCUT2D eigenvalue weighted by atomic mass is 16.5. The summed E-state index contributed by atoms with van der Waals surface area (Å²) in [6, 6.07) is 14.8. The summed E-state index contributed by atoms with van der Waals surface area (Å²) in [7, 11) is 0. The Kier molecular flexibility index (Phi) is 9.42. The number of amides is 2. The van der Waals surface area contributed by atoms with E-state index < -0.39 is 0 Å². The van der Waals surface area contributed by atoms with Gasteiger partial charge in [0.2, 0.25) is 5.91 Å². The number of hydrogen-bond donors (Lipinski definition) is 1. The van der Waals surface area contributed by atoms with Crippen LogP contribution in [0.2, 0.25) is 0 Å². The van der Waals surface area contributed by atoms with Crippen molar-refractivity contribution < 1.29 is 23.8 Å². The van der Waals surface area contributed by atoms with Gasteiger partial charge in [0.15, 0.2) is 11.5 Å². The predicted octanol–water partition coefficient (Wildman–Crippen LogP) is 3.92. The average Bonchev–Trinajstić information content (AvgIpc) is 2.86. The van der Waals surface area contributed by atoms with Crippen LogP contribution in [-0.2, 0) is 4.79 Å². The Morgan fingerprint density at radius 3 is 2.55 bits per heavy atom. The number of carbonyl (C=O) groups excluding carboxylic acids is 2. The van der Waals surface area contributed by atoms with Gasteiger partial charge in [0.05, 0.1) is 12.5 Å². The molecule has 0 saturated carbocycles. The van der Waals surface area contributed by atoms with Crippen LogP contribution in [-0.4, -0.2) is 56.2 Å². The van der Waals surface area contributed by atoms with Crippen molar-refractivity contribution in [3.8, 4) is 17.2 Å². The number of likely N-dealkylation sites (tertiary alicyclic amines) is 1. The minimum absolute atomic E-state index is 0.0332. The van der Waals surface area contributed by atoms with E-state index in [-0.39, 0.29) is 17.7 Å². The lowest BCUT2D eigenvalue weighted by Gasteiger charge is -2.32. The molecule has 3 rings (SSSR count). The van der Waals surface area contributed by atoms with E-state index in [9.17, 15) is 9.59 Å². The van der Waals surface area contributed by atoms with Gasteiger partial charge in [0, 0.05) is 25.2 Å². The molecule has 2 aromatic carbocycles. The summed E-state index contributed by atoms with van der Waals surface area (Å²) in [4.78, 5) is 27.3. The molecular formula is C26H34N2O5. The van der Waals surface area contributed by atoms with Gasteiger partial charge >= 0.3 is 0 Å². The van der Waals surface area contributed by atoms with Crippen LogP contribution in [0.3, 0.4) is 0 Å². The van der Waals surface area contributed by atoms with Crippen LogP contribution >= 0.6 is 0 Å². The Labute approximate surface area is 196 Å². The molecule has 1 atom stereocenters. The summed E-state index contributed by atoms with van der Waals surface area (Å²) in [5.74, 6) is 1.66. The van der Waals surface area contributed by atoms with Crippen molar-refractivity contribution >= 4 is 11.8 Å². The van der Waals surface area contributed by atoms with E-state index in [2.05, 4.69) is 5.32 Å². The molecule has 1 aliphatic rings. The second kappa shape index (κ2) is 12.7. The molecule has 0 aliphatic carbocycles. The molecule has 2 aromatic rings. The van der Waals surface area contributed by atoms with E-state index in [1.165, 1.54) is 0 Å². The molecule has 178 valence electrons. The summed E-state index contributed by atoms with van der Waals surface area (Å²) < 4.78 is 17.2. The topological polar surface area (TPSA) is 77.1 Å². The van der Waals surface area contributed by atoms with Crippen LogP contribution in [0.15, 0.2) is 48.5 Å². The lowest BCUT2D eigenvalue weighted by Crippen LogP contribution is -2.45. The molecule has 0 radical (unpaired) electrons. The Bertz CT molecular complexity index is 903. The van der Waals surface area contributed by atoms with Gasteiger partial charge in [0.1, 0.15) is 19.0 Å². The molecule has 1 saturated heterocycles. The smallest absolute Gasteiger partial charge is 0.254 e. The molecule has 0 bridgehead atoms. The van der Waals surface area contributed by atoms with Crippen molar-refractivity contribution in [2.75, 3.05) is 39.5 Å². The SMILES string of the molecule is CCCNC(=O)C1CCCN(C(=O)c2ccc(OCCOc3ccccc3)c(OCC)c2)C1. The number of ether oxygens (including phenoxy) is 3. The molecule has 1 N–H and O–H groups in total. The molecule has 7 heteroatoms. The first kappa shape index (κ1) is 24.4. The summed E-state index contributed by atoms with van der Waals surface area (Å²) in [5, 5.41) is 2.95. The van der Waals surface area contributed by atoms with E-state index in [0.717, 1.165) is 25.0 Å². The van der Waals surface area contributed by atoms with E-state index in [1.54, 1.807) is 23.1 Å². The van der Waals surface area contributed by atoms with Gasteiger partial charge in [-0.25, -0.2) is 0 Å². The Hall–Kier alpha value is -3.22. The number of hydrogen-bond acceptors (Lipinski definition) is 5. The maximum atomic E-state index is 13.1. The molecule has 1 aliphatic heterocycles. The molecule has 0 spiro atoms. The van der Waals surface area contributed by atoms with Gasteiger partial charge in [-0.1, -0.05) is 25.1 Å². The van der Waals surface area contributed by atoms with Crippen LogP contribution < -0.4 is 19.5 Å². The van der Waals surface area contributed by atoms with Gasteiger partial charge in [0.25, 0.3) is 5.91 Å². The highest BCUT2D eigenvalue weighted by Gasteiger charge is 2.29. The summed E-state index contributed by atoms with van der Waals surface area (Å²) >= 11 is 0. The average molecular weight is 455 g/mol. The maximum absolute atomic E-state index is 13.1. The first-order valence-electron chi connectivity index (χ1n) is 11.8. The van der Waals surface area contributed by atoms with Gasteiger partial charge < -0.3 is 24.4 Å². The Morgan fingerprint density at radius 1 is 1.00 bits per heavy atom. The molecule has 0 aromatic heterocycles. The number of nitrogens with zero attached hydrogens (tertiary/aromatic N) is 1. The third-order valence-electron chi connectivity index (χ3n) is 5.47. The van der Waals surface area contributed by atoms with Crippen LogP contribution in [0, 0.1) is 5.92 Å². The normalized spacial score (nSPS) is 15.6. The number of carbonyl (C=O) groups is 2. The third-order valence-corrected chi connectivity index (χ3v) is 5.47. The van der Waals surface area contributed by atoms with Crippen molar-refractivity contribution in [3.05, 3.63) is 54.1 Å². The lowest BCUT2D eigenvalue weighted by molar-refractivity contribution is -0.126. The lowest BCUT2D eigenvalue weighted by atomic mass is 9.96. The van der Waals surface area contributed by atoms with Crippen molar-refractivity contribution in [2.24, 2.45) is 5.92 Å². The number of benzene rings is 2. The standard InChI is InChI=1S/C26H34N2O5/c1-3-14-27-25(29)21-9-8-15-28(19-21)26(30)20-12-13-23(24(18-20)31-4-2)33-17-16-32-22-10-6-5-7-11-22/h5-7,10-13,18,21H,3-4,8-9,14-17,19H2,1-2H3,(H,27,29). The zero-order valence-electron chi connectivity index (χ0n) is 19.5. The Balaban J connectivity index is 1.60. The first-order valence-corrected chi connectivity index (χ1v) is 11.8. The van der Waals surface area contributed by atoms with Crippen molar-refractivity contribution in [2.45, 2.75) is 33.1 Å². The fourth-order valence-corrected chi connectivity index (χ4v) is 3.81. The number of nitrogens with one attached hydrogen (secondary N) is 1. The van der Waals surface area contributed by atoms with E-state index >= 15 is 0 Å². The molecule has 7 nitrogen and oxygen atoms in total. The van der Waals surface area contributed by atoms with Gasteiger partial charge in [-0.2, -0.15) is 0 Å². The molecular weight excluding hydrogens is 420 g/mol. The predicted molar refractivity (Wildman–Crippen MR) is 127 cm³/mol. The second-order valence-corrected chi connectivity index (χ2v) is 7.99. The summed E-state index contributed by atoms with van der Waals surface area (Å²) in [6.45, 7) is 6.87. The van der Waals surface area contributed by atoms with Gasteiger partial charge in [-0.15, -0.1) is 0 Å². The minimum atomic E-state index is -0.159. The molecule has 1 fully saturated rings. The molecule has 2 amide bonds. The van der Waals surface area contributed by atoms with Crippen LogP contribution in [0.5, 0.6) is 17.2 Å². The van der Waals surface area contributed by atoms with Crippen molar-refractivity contribution in [1.29, 1.82) is 0 Å². The first-order chi connectivity index (χ1) is 16.1. The molecule has 1 heterocycles. The Morgan fingerprint density at radius 2 is 1.79 bits per heavy atom. The van der Waals surface area contributed by atoms with E-state index in [1.807, 2.05) is 44.2 Å². The van der Waals surface area contributed by atoms with Gasteiger partial charge in [-0.3, -0.25) is 9.59 Å². The number of piperidine rings is 1. The van der Waals surface area contributed by atoms with E-state index in [4.69, 9.17) is 14.2 Å². The van der Waals surface area contributed by atoms with Crippen molar-refractivity contribution in [3.63, 3.8) is 0 Å². The maximum Gasteiger partial charge on any atom is 0.254 e. The summed E-state index contributed by atoms with van der Waals surface area (Å²) in [5.41, 5.74) is 0.529. The number of rotatable bonds is 11. The quantitative estimate of drug-likeness (QED) is 0.521.